The van der Waals surface area contributed by atoms with Crippen LogP contribution in [0.1, 0.15) is 17.3 Å². The molecule has 0 saturated carbocycles. The second-order valence-corrected chi connectivity index (χ2v) is 7.50. The van der Waals surface area contributed by atoms with Crippen molar-refractivity contribution in [2.24, 2.45) is 0 Å². The van der Waals surface area contributed by atoms with E-state index in [0.717, 1.165) is 0 Å². The number of benzene rings is 2. The molecule has 0 aromatic heterocycles. The van der Waals surface area contributed by atoms with Gasteiger partial charge in [0.05, 0.1) is 17.2 Å². The van der Waals surface area contributed by atoms with Crippen LogP contribution in [0, 0.1) is 0 Å². The van der Waals surface area contributed by atoms with E-state index in [2.05, 4.69) is 10.0 Å². The first kappa shape index (κ1) is 19.5. The largest absolute Gasteiger partial charge is 0.495 e. The first-order valence-corrected chi connectivity index (χ1v) is 9.46. The number of ether oxygens (including phenoxy) is 1. The summed E-state index contributed by atoms with van der Waals surface area (Å²) >= 11 is 11.8. The van der Waals surface area contributed by atoms with Gasteiger partial charge in [-0.2, -0.15) is 0 Å². The van der Waals surface area contributed by atoms with Gasteiger partial charge in [0.15, 0.2) is 0 Å². The number of sulfonamides is 1. The van der Waals surface area contributed by atoms with Crippen molar-refractivity contribution in [1.82, 2.24) is 4.72 Å². The Morgan fingerprint density at radius 2 is 1.84 bits per heavy atom. The highest BCUT2D eigenvalue weighted by Gasteiger charge is 2.21. The van der Waals surface area contributed by atoms with Crippen LogP contribution >= 0.6 is 23.2 Å². The predicted molar refractivity (Wildman–Crippen MR) is 98.3 cm³/mol. The molecule has 6 nitrogen and oxygen atoms in total. The molecule has 1 amide bonds. The van der Waals surface area contributed by atoms with Crippen molar-refractivity contribution in [1.29, 1.82) is 0 Å². The van der Waals surface area contributed by atoms with Crippen LogP contribution in [-0.2, 0) is 10.0 Å². The number of carbonyl (C=O) groups is 1. The molecule has 2 aromatic rings. The number of amides is 1. The summed E-state index contributed by atoms with van der Waals surface area (Å²) in [7, 11) is -2.43. The number of hydrogen-bond acceptors (Lipinski definition) is 4. The Morgan fingerprint density at radius 1 is 1.12 bits per heavy atom. The molecule has 2 N–H and O–H groups in total. The van der Waals surface area contributed by atoms with Gasteiger partial charge < -0.3 is 10.1 Å². The lowest BCUT2D eigenvalue weighted by Gasteiger charge is -2.12. The quantitative estimate of drug-likeness (QED) is 0.773. The molecule has 0 bridgehead atoms. The van der Waals surface area contributed by atoms with Crippen molar-refractivity contribution < 1.29 is 17.9 Å². The van der Waals surface area contributed by atoms with E-state index in [4.69, 9.17) is 27.9 Å². The fourth-order valence-corrected chi connectivity index (χ4v) is 3.60. The topological polar surface area (TPSA) is 84.5 Å². The second kappa shape index (κ2) is 8.05. The summed E-state index contributed by atoms with van der Waals surface area (Å²) in [6.07, 6.45) is 0. The van der Waals surface area contributed by atoms with Crippen molar-refractivity contribution in [2.75, 3.05) is 19.0 Å². The van der Waals surface area contributed by atoms with Crippen LogP contribution in [0.4, 0.5) is 5.69 Å². The molecule has 9 heteroatoms. The molecule has 0 fully saturated rings. The van der Waals surface area contributed by atoms with Gasteiger partial charge in [-0.1, -0.05) is 30.1 Å². The third-order valence-electron chi connectivity index (χ3n) is 3.23. The number of carbonyl (C=O) groups excluding carboxylic acids is 1. The van der Waals surface area contributed by atoms with Crippen LogP contribution in [0.15, 0.2) is 41.3 Å². The monoisotopic (exact) mass is 402 g/mol. The third-order valence-corrected chi connectivity index (χ3v) is 5.53. The van der Waals surface area contributed by atoms with Gasteiger partial charge in [0.2, 0.25) is 10.0 Å². The Labute approximate surface area is 156 Å². The van der Waals surface area contributed by atoms with Crippen LogP contribution in [0.2, 0.25) is 10.0 Å². The second-order valence-electron chi connectivity index (χ2n) is 4.95. The summed E-state index contributed by atoms with van der Waals surface area (Å²) in [5.41, 5.74) is 0.592. The number of rotatable bonds is 6. The molecule has 0 spiro atoms. The molecule has 0 atom stereocenters. The van der Waals surface area contributed by atoms with Crippen molar-refractivity contribution >= 4 is 44.8 Å². The summed E-state index contributed by atoms with van der Waals surface area (Å²) < 4.78 is 32.0. The van der Waals surface area contributed by atoms with E-state index in [0.29, 0.717) is 15.7 Å². The molecule has 0 saturated heterocycles. The highest BCUT2D eigenvalue weighted by Crippen LogP contribution is 2.27. The van der Waals surface area contributed by atoms with Gasteiger partial charge in [0.1, 0.15) is 10.6 Å². The highest BCUT2D eigenvalue weighted by molar-refractivity contribution is 7.89. The van der Waals surface area contributed by atoms with E-state index in [1.54, 1.807) is 19.1 Å². The number of hydrogen-bond donors (Lipinski definition) is 2. The fraction of sp³-hybridized carbons (Fsp3) is 0.188. The summed E-state index contributed by atoms with van der Waals surface area (Å²) in [5, 5.41) is 3.30. The van der Waals surface area contributed by atoms with Crippen LogP contribution in [-0.4, -0.2) is 28.0 Å². The number of anilines is 1. The Kier molecular flexibility index (Phi) is 6.29. The smallest absolute Gasteiger partial charge is 0.255 e. The van der Waals surface area contributed by atoms with Crippen LogP contribution in [0.25, 0.3) is 0 Å². The molecular weight excluding hydrogens is 387 g/mol. The standard InChI is InChI=1S/C16H16Cl2N2O4S/c1-3-19-25(22,23)15-8-10(4-7-14(15)24-2)16(21)20-11-5-6-12(17)13(18)9-11/h4-9,19H,3H2,1-2H3,(H,20,21). The van der Waals surface area contributed by atoms with Crippen LogP contribution in [0.3, 0.4) is 0 Å². The maximum absolute atomic E-state index is 12.4. The normalized spacial score (nSPS) is 11.2. The zero-order chi connectivity index (χ0) is 18.6. The SMILES string of the molecule is CCNS(=O)(=O)c1cc(C(=O)Nc2ccc(Cl)c(Cl)c2)ccc1OC. The van der Waals surface area contributed by atoms with Crippen LogP contribution in [0.5, 0.6) is 5.75 Å². The summed E-state index contributed by atoms with van der Waals surface area (Å²) in [6.45, 7) is 1.87. The predicted octanol–water partition coefficient (Wildman–Crippen LogP) is 3.55. The average molecular weight is 403 g/mol. The Balaban J connectivity index is 2.35. The minimum atomic E-state index is -3.79. The molecule has 2 rings (SSSR count). The van der Waals surface area contributed by atoms with Gasteiger partial charge in [-0.25, -0.2) is 13.1 Å². The molecule has 134 valence electrons. The fourth-order valence-electron chi connectivity index (χ4n) is 2.07. The Hall–Kier alpha value is -1.80. The van der Waals surface area contributed by atoms with Gasteiger partial charge in [-0.05, 0) is 36.4 Å². The van der Waals surface area contributed by atoms with E-state index in [-0.39, 0.29) is 22.8 Å². The number of methoxy groups -OCH3 is 1. The van der Waals surface area contributed by atoms with Gasteiger partial charge in [0.25, 0.3) is 5.91 Å². The zero-order valence-corrected chi connectivity index (χ0v) is 15.8. The van der Waals surface area contributed by atoms with Crippen molar-refractivity contribution in [2.45, 2.75) is 11.8 Å². The van der Waals surface area contributed by atoms with Gasteiger partial charge in [-0.15, -0.1) is 0 Å². The lowest BCUT2D eigenvalue weighted by atomic mass is 10.2. The van der Waals surface area contributed by atoms with Gasteiger partial charge in [0, 0.05) is 17.8 Å². The van der Waals surface area contributed by atoms with E-state index in [9.17, 15) is 13.2 Å². The van der Waals surface area contributed by atoms with E-state index in [1.165, 1.54) is 31.4 Å². The maximum atomic E-state index is 12.4. The first-order chi connectivity index (χ1) is 11.8. The maximum Gasteiger partial charge on any atom is 0.255 e. The molecule has 0 aliphatic heterocycles. The first-order valence-electron chi connectivity index (χ1n) is 7.22. The third kappa shape index (κ3) is 4.64. The van der Waals surface area contributed by atoms with Crippen LogP contribution < -0.4 is 14.8 Å². The zero-order valence-electron chi connectivity index (χ0n) is 13.5. The summed E-state index contributed by atoms with van der Waals surface area (Å²) in [4.78, 5) is 12.3. The molecule has 0 heterocycles. The molecule has 0 unspecified atom stereocenters. The van der Waals surface area contributed by atoms with E-state index >= 15 is 0 Å². The highest BCUT2D eigenvalue weighted by atomic mass is 35.5. The number of nitrogens with one attached hydrogen (secondary N) is 2. The number of halogens is 2. The lowest BCUT2D eigenvalue weighted by Crippen LogP contribution is -2.24. The van der Waals surface area contributed by atoms with Crippen molar-refractivity contribution in [3.63, 3.8) is 0 Å². The molecule has 0 radical (unpaired) electrons. The van der Waals surface area contributed by atoms with Crippen molar-refractivity contribution in [3.8, 4) is 5.75 Å². The van der Waals surface area contributed by atoms with Gasteiger partial charge in [-0.3, -0.25) is 4.79 Å². The lowest BCUT2D eigenvalue weighted by molar-refractivity contribution is 0.102. The summed E-state index contributed by atoms with van der Waals surface area (Å²) in [5.74, 6) is -0.346. The molecule has 25 heavy (non-hydrogen) atoms. The Bertz CT molecular complexity index is 901. The minimum absolute atomic E-state index is 0.112. The van der Waals surface area contributed by atoms with E-state index in [1.807, 2.05) is 0 Å². The van der Waals surface area contributed by atoms with Gasteiger partial charge >= 0.3 is 0 Å². The Morgan fingerprint density at radius 3 is 2.44 bits per heavy atom. The van der Waals surface area contributed by atoms with Crippen molar-refractivity contribution in [3.05, 3.63) is 52.0 Å². The summed E-state index contributed by atoms with van der Waals surface area (Å²) in [6, 6.07) is 8.79. The molecule has 0 aliphatic carbocycles. The van der Waals surface area contributed by atoms with E-state index < -0.39 is 15.9 Å². The molecular formula is C16H16Cl2N2O4S. The molecule has 0 aliphatic rings. The average Bonchev–Trinajstić information content (AvgIpc) is 2.57. The minimum Gasteiger partial charge on any atom is -0.495 e. The molecule has 2 aromatic carbocycles.